The number of nitrogens with one attached hydrogen (secondary N) is 1. The Balaban J connectivity index is 3.90. The highest BCUT2D eigenvalue weighted by Crippen LogP contribution is 2.13. The van der Waals surface area contributed by atoms with E-state index in [2.05, 4.69) is 58.8 Å². The van der Waals surface area contributed by atoms with E-state index in [4.69, 9.17) is 0 Å². The summed E-state index contributed by atoms with van der Waals surface area (Å²) in [6.07, 6.45) is 2.59. The zero-order valence-corrected chi connectivity index (χ0v) is 13.1. The van der Waals surface area contributed by atoms with Gasteiger partial charge in [-0.25, -0.2) is 0 Å². The molecule has 0 bridgehead atoms. The topological polar surface area (TPSA) is 15.3 Å². The molecule has 0 fully saturated rings. The molecule has 2 nitrogen and oxygen atoms in total. The third kappa shape index (κ3) is 9.61. The SMILES string of the molecule is CC(C)CC(CC(C)C)NCCN(C)C(C)C. The second kappa shape index (κ2) is 8.93. The van der Waals surface area contributed by atoms with Gasteiger partial charge in [0.05, 0.1) is 0 Å². The largest absolute Gasteiger partial charge is 0.313 e. The predicted molar refractivity (Wildman–Crippen MR) is 78.5 cm³/mol. The zero-order valence-electron chi connectivity index (χ0n) is 13.1. The molecule has 0 unspecified atom stereocenters. The Hall–Kier alpha value is -0.0800. The van der Waals surface area contributed by atoms with Crippen LogP contribution in [-0.2, 0) is 0 Å². The molecule has 0 atom stereocenters. The lowest BCUT2D eigenvalue weighted by Crippen LogP contribution is -2.39. The van der Waals surface area contributed by atoms with Crippen molar-refractivity contribution in [2.24, 2.45) is 11.8 Å². The lowest BCUT2D eigenvalue weighted by atomic mass is 9.95. The fraction of sp³-hybridized carbons (Fsp3) is 1.00. The van der Waals surface area contributed by atoms with E-state index in [0.29, 0.717) is 12.1 Å². The van der Waals surface area contributed by atoms with Gasteiger partial charge in [-0.2, -0.15) is 0 Å². The Morgan fingerprint density at radius 3 is 1.71 bits per heavy atom. The van der Waals surface area contributed by atoms with Gasteiger partial charge < -0.3 is 10.2 Å². The molecular formula is C15H34N2. The minimum Gasteiger partial charge on any atom is -0.313 e. The van der Waals surface area contributed by atoms with Crippen molar-refractivity contribution in [1.82, 2.24) is 10.2 Å². The summed E-state index contributed by atoms with van der Waals surface area (Å²) in [6.45, 7) is 16.0. The molecule has 0 spiro atoms. The maximum atomic E-state index is 3.73. The van der Waals surface area contributed by atoms with E-state index in [1.54, 1.807) is 0 Å². The summed E-state index contributed by atoms with van der Waals surface area (Å²) < 4.78 is 0. The molecule has 0 aliphatic carbocycles. The molecule has 0 aromatic heterocycles. The molecule has 0 saturated carbocycles. The van der Waals surface area contributed by atoms with Crippen LogP contribution in [0.5, 0.6) is 0 Å². The lowest BCUT2D eigenvalue weighted by Gasteiger charge is -2.25. The van der Waals surface area contributed by atoms with Crippen molar-refractivity contribution in [2.45, 2.75) is 66.5 Å². The van der Waals surface area contributed by atoms with Crippen LogP contribution in [0.1, 0.15) is 54.4 Å². The predicted octanol–water partition coefficient (Wildman–Crippen LogP) is 3.38. The molecule has 0 radical (unpaired) electrons. The van der Waals surface area contributed by atoms with E-state index in [1.165, 1.54) is 12.8 Å². The molecule has 0 saturated heterocycles. The quantitative estimate of drug-likeness (QED) is 0.667. The highest BCUT2D eigenvalue weighted by Gasteiger charge is 2.12. The lowest BCUT2D eigenvalue weighted by molar-refractivity contribution is 0.260. The average molecular weight is 242 g/mol. The van der Waals surface area contributed by atoms with Crippen LogP contribution in [0.25, 0.3) is 0 Å². The Bertz CT molecular complexity index is 166. The van der Waals surface area contributed by atoms with Crippen molar-refractivity contribution in [3.05, 3.63) is 0 Å². The molecule has 0 aromatic carbocycles. The van der Waals surface area contributed by atoms with Crippen molar-refractivity contribution in [3.63, 3.8) is 0 Å². The second-order valence-corrected chi connectivity index (χ2v) is 6.48. The molecule has 1 N–H and O–H groups in total. The Labute approximate surface area is 109 Å². The highest BCUT2D eigenvalue weighted by molar-refractivity contribution is 4.71. The van der Waals surface area contributed by atoms with Gasteiger partial charge in [0.15, 0.2) is 0 Å². The van der Waals surface area contributed by atoms with Gasteiger partial charge in [-0.1, -0.05) is 27.7 Å². The summed E-state index contributed by atoms with van der Waals surface area (Å²) in [5.41, 5.74) is 0. The minimum atomic E-state index is 0.644. The summed E-state index contributed by atoms with van der Waals surface area (Å²) in [4.78, 5) is 2.40. The van der Waals surface area contributed by atoms with E-state index in [-0.39, 0.29) is 0 Å². The number of nitrogens with zero attached hydrogens (tertiary/aromatic N) is 1. The van der Waals surface area contributed by atoms with Crippen molar-refractivity contribution in [1.29, 1.82) is 0 Å². The standard InChI is InChI=1S/C15H34N2/c1-12(2)10-15(11-13(3)4)16-8-9-17(7)14(5)6/h12-16H,8-11H2,1-7H3. The Morgan fingerprint density at radius 1 is 0.882 bits per heavy atom. The van der Waals surface area contributed by atoms with Crippen LogP contribution in [0.4, 0.5) is 0 Å². The average Bonchev–Trinajstić information content (AvgIpc) is 2.14. The molecule has 17 heavy (non-hydrogen) atoms. The summed E-state index contributed by atoms with van der Waals surface area (Å²) in [5, 5.41) is 3.73. The normalized spacial score (nSPS) is 12.7. The van der Waals surface area contributed by atoms with Crippen molar-refractivity contribution in [3.8, 4) is 0 Å². The molecule has 0 aliphatic rings. The van der Waals surface area contributed by atoms with Gasteiger partial charge in [-0.3, -0.25) is 0 Å². The Kier molecular flexibility index (Phi) is 8.89. The number of hydrogen-bond acceptors (Lipinski definition) is 2. The van der Waals surface area contributed by atoms with Gasteiger partial charge in [0, 0.05) is 25.2 Å². The number of rotatable bonds is 9. The van der Waals surface area contributed by atoms with Crippen LogP contribution in [0.15, 0.2) is 0 Å². The maximum Gasteiger partial charge on any atom is 0.0107 e. The first-order chi connectivity index (χ1) is 7.82. The van der Waals surface area contributed by atoms with E-state index < -0.39 is 0 Å². The van der Waals surface area contributed by atoms with Crippen molar-refractivity contribution in [2.75, 3.05) is 20.1 Å². The highest BCUT2D eigenvalue weighted by atomic mass is 15.1. The molecule has 0 rings (SSSR count). The van der Waals surface area contributed by atoms with Gasteiger partial charge >= 0.3 is 0 Å². The summed E-state index contributed by atoms with van der Waals surface area (Å²) in [5.74, 6) is 1.57. The molecule has 2 heteroatoms. The second-order valence-electron chi connectivity index (χ2n) is 6.48. The molecule has 0 aromatic rings. The van der Waals surface area contributed by atoms with E-state index in [9.17, 15) is 0 Å². The summed E-state index contributed by atoms with van der Waals surface area (Å²) in [6, 6.07) is 1.33. The van der Waals surface area contributed by atoms with Crippen molar-refractivity contribution < 1.29 is 0 Å². The summed E-state index contributed by atoms with van der Waals surface area (Å²) >= 11 is 0. The van der Waals surface area contributed by atoms with E-state index >= 15 is 0 Å². The van der Waals surface area contributed by atoms with Crippen LogP contribution >= 0.6 is 0 Å². The third-order valence-corrected chi connectivity index (χ3v) is 3.29. The third-order valence-electron chi connectivity index (χ3n) is 3.29. The first-order valence-corrected chi connectivity index (χ1v) is 7.26. The molecule has 0 heterocycles. The molecule has 104 valence electrons. The fourth-order valence-electron chi connectivity index (χ4n) is 2.10. The first kappa shape index (κ1) is 16.9. The van der Waals surface area contributed by atoms with Crippen LogP contribution < -0.4 is 5.32 Å². The molecular weight excluding hydrogens is 208 g/mol. The van der Waals surface area contributed by atoms with Crippen molar-refractivity contribution >= 4 is 0 Å². The van der Waals surface area contributed by atoms with Gasteiger partial charge in [-0.05, 0) is 45.6 Å². The smallest absolute Gasteiger partial charge is 0.0107 e. The fourth-order valence-corrected chi connectivity index (χ4v) is 2.10. The van der Waals surface area contributed by atoms with E-state index in [0.717, 1.165) is 24.9 Å². The number of likely N-dealkylation sites (N-methyl/N-ethyl adjacent to an activating group) is 1. The van der Waals surface area contributed by atoms with Gasteiger partial charge in [0.1, 0.15) is 0 Å². The maximum absolute atomic E-state index is 3.73. The summed E-state index contributed by atoms with van der Waals surface area (Å²) in [7, 11) is 2.20. The van der Waals surface area contributed by atoms with Crippen LogP contribution in [0.3, 0.4) is 0 Å². The minimum absolute atomic E-state index is 0.644. The van der Waals surface area contributed by atoms with E-state index in [1.807, 2.05) is 0 Å². The monoisotopic (exact) mass is 242 g/mol. The molecule has 0 amide bonds. The first-order valence-electron chi connectivity index (χ1n) is 7.26. The van der Waals surface area contributed by atoms with Gasteiger partial charge in [-0.15, -0.1) is 0 Å². The molecule has 0 aliphatic heterocycles. The van der Waals surface area contributed by atoms with Crippen LogP contribution in [0.2, 0.25) is 0 Å². The van der Waals surface area contributed by atoms with Gasteiger partial charge in [0.25, 0.3) is 0 Å². The Morgan fingerprint density at radius 2 is 1.35 bits per heavy atom. The zero-order chi connectivity index (χ0) is 13.4. The number of hydrogen-bond donors (Lipinski definition) is 1. The van der Waals surface area contributed by atoms with Crippen LogP contribution in [0, 0.1) is 11.8 Å². The van der Waals surface area contributed by atoms with Crippen LogP contribution in [-0.4, -0.2) is 37.1 Å². The van der Waals surface area contributed by atoms with Gasteiger partial charge in [0.2, 0.25) is 0 Å².